The van der Waals surface area contributed by atoms with Crippen LogP contribution >= 0.6 is 11.6 Å². The number of ketones is 1. The molecule has 0 atom stereocenters. The second-order valence-corrected chi connectivity index (χ2v) is 6.71. The summed E-state index contributed by atoms with van der Waals surface area (Å²) in [6.07, 6.45) is -4.44. The highest BCUT2D eigenvalue weighted by Crippen LogP contribution is 2.42. The van der Waals surface area contributed by atoms with Crippen molar-refractivity contribution in [3.8, 4) is 5.75 Å². The quantitative estimate of drug-likeness (QED) is 0.710. The zero-order chi connectivity index (χ0) is 17.7. The lowest BCUT2D eigenvalue weighted by atomic mass is 9.82. The summed E-state index contributed by atoms with van der Waals surface area (Å²) in [6, 6.07) is 3.22. The lowest BCUT2D eigenvalue weighted by molar-refractivity contribution is -0.188. The first-order valence-corrected chi connectivity index (χ1v) is 7.88. The molecular formula is C16H15ClF3NO3. The van der Waals surface area contributed by atoms with Gasteiger partial charge in [0.25, 0.3) is 0 Å². The number of Topliss-reactive ketones (excluding diaryl/α,β-unsaturated/α-hetero) is 1. The Balaban J connectivity index is 1.80. The van der Waals surface area contributed by atoms with Crippen molar-refractivity contribution in [2.75, 3.05) is 13.1 Å². The number of aryl methyl sites for hydroxylation is 1. The monoisotopic (exact) mass is 361 g/mol. The number of alkyl halides is 3. The molecule has 130 valence electrons. The summed E-state index contributed by atoms with van der Waals surface area (Å²) < 4.78 is 43.6. The van der Waals surface area contributed by atoms with Crippen molar-refractivity contribution in [1.29, 1.82) is 0 Å². The smallest absolute Gasteiger partial charge is 0.471 e. The molecule has 0 N–H and O–H groups in total. The molecule has 2 heterocycles. The van der Waals surface area contributed by atoms with Crippen LogP contribution in [0.5, 0.6) is 5.75 Å². The summed E-state index contributed by atoms with van der Waals surface area (Å²) in [5.41, 5.74) is 0.253. The van der Waals surface area contributed by atoms with Crippen LogP contribution in [0.1, 0.15) is 35.2 Å². The van der Waals surface area contributed by atoms with E-state index in [2.05, 4.69) is 0 Å². The normalized spacial score (nSPS) is 19.9. The van der Waals surface area contributed by atoms with Crippen LogP contribution in [0.4, 0.5) is 13.2 Å². The second kappa shape index (κ2) is 5.65. The van der Waals surface area contributed by atoms with Crippen molar-refractivity contribution in [3.63, 3.8) is 0 Å². The Hall–Kier alpha value is -1.76. The fraction of sp³-hybridized carbons (Fsp3) is 0.500. The van der Waals surface area contributed by atoms with Crippen molar-refractivity contribution in [2.45, 2.75) is 38.0 Å². The molecule has 0 unspecified atom stereocenters. The number of amides is 1. The van der Waals surface area contributed by atoms with Gasteiger partial charge in [-0.1, -0.05) is 11.6 Å². The van der Waals surface area contributed by atoms with Gasteiger partial charge in [-0.3, -0.25) is 9.59 Å². The zero-order valence-corrected chi connectivity index (χ0v) is 13.6. The van der Waals surface area contributed by atoms with Crippen LogP contribution < -0.4 is 4.74 Å². The Morgan fingerprint density at radius 3 is 2.50 bits per heavy atom. The van der Waals surface area contributed by atoms with Crippen molar-refractivity contribution in [1.82, 2.24) is 4.90 Å². The van der Waals surface area contributed by atoms with Gasteiger partial charge in [-0.2, -0.15) is 13.2 Å². The third-order valence-corrected chi connectivity index (χ3v) is 4.76. The van der Waals surface area contributed by atoms with Crippen LogP contribution in [-0.2, 0) is 4.79 Å². The SMILES string of the molecule is Cc1cc(Cl)cc2c1OC1(CCN(C(=O)C(F)(F)F)CC1)CC2=O. The van der Waals surface area contributed by atoms with E-state index < -0.39 is 17.7 Å². The van der Waals surface area contributed by atoms with Gasteiger partial charge in [0.05, 0.1) is 12.0 Å². The summed E-state index contributed by atoms with van der Waals surface area (Å²) >= 11 is 5.96. The summed E-state index contributed by atoms with van der Waals surface area (Å²) in [5.74, 6) is -1.55. The number of benzene rings is 1. The molecule has 0 bridgehead atoms. The molecule has 2 aliphatic heterocycles. The Labute approximate surface area is 141 Å². The van der Waals surface area contributed by atoms with E-state index in [1.165, 1.54) is 0 Å². The minimum atomic E-state index is -4.88. The number of carbonyl (C=O) groups is 2. The highest BCUT2D eigenvalue weighted by molar-refractivity contribution is 6.31. The summed E-state index contributed by atoms with van der Waals surface area (Å²) in [4.78, 5) is 24.5. The number of rotatable bonds is 0. The lowest BCUT2D eigenvalue weighted by Crippen LogP contribution is -2.54. The van der Waals surface area contributed by atoms with E-state index in [4.69, 9.17) is 16.3 Å². The number of hydrogen-bond acceptors (Lipinski definition) is 3. The van der Waals surface area contributed by atoms with E-state index in [1.807, 2.05) is 0 Å². The lowest BCUT2D eigenvalue weighted by Gasteiger charge is -2.44. The molecule has 2 aliphatic rings. The molecule has 1 fully saturated rings. The van der Waals surface area contributed by atoms with Crippen molar-refractivity contribution in [3.05, 3.63) is 28.3 Å². The minimum absolute atomic E-state index is 0.0772. The molecule has 0 aliphatic carbocycles. The van der Waals surface area contributed by atoms with Crippen LogP contribution in [0.3, 0.4) is 0 Å². The predicted molar refractivity (Wildman–Crippen MR) is 80.4 cm³/mol. The third-order valence-electron chi connectivity index (χ3n) is 4.55. The number of hydrogen-bond donors (Lipinski definition) is 0. The first kappa shape index (κ1) is 17.1. The minimum Gasteiger partial charge on any atom is -0.486 e. The molecular weight excluding hydrogens is 347 g/mol. The van der Waals surface area contributed by atoms with E-state index in [0.29, 0.717) is 21.9 Å². The Bertz CT molecular complexity index is 709. The van der Waals surface area contributed by atoms with E-state index in [9.17, 15) is 22.8 Å². The van der Waals surface area contributed by atoms with Gasteiger partial charge < -0.3 is 9.64 Å². The number of ether oxygens (including phenoxy) is 1. The van der Waals surface area contributed by atoms with Gasteiger partial charge >= 0.3 is 12.1 Å². The molecule has 1 aromatic carbocycles. The van der Waals surface area contributed by atoms with Crippen LogP contribution in [0.15, 0.2) is 12.1 Å². The van der Waals surface area contributed by atoms with E-state index >= 15 is 0 Å². The van der Waals surface area contributed by atoms with E-state index in [0.717, 1.165) is 4.90 Å². The second-order valence-electron chi connectivity index (χ2n) is 6.27. The van der Waals surface area contributed by atoms with Gasteiger partial charge in [0, 0.05) is 31.0 Å². The maximum absolute atomic E-state index is 12.5. The molecule has 24 heavy (non-hydrogen) atoms. The Morgan fingerprint density at radius 1 is 1.29 bits per heavy atom. The van der Waals surface area contributed by atoms with Gasteiger partial charge in [-0.15, -0.1) is 0 Å². The molecule has 0 saturated carbocycles. The van der Waals surface area contributed by atoms with Crippen LogP contribution in [-0.4, -0.2) is 41.5 Å². The standard InChI is InChI=1S/C16H15ClF3NO3/c1-9-6-10(17)7-11-12(22)8-15(24-13(9)11)2-4-21(5-3-15)14(23)16(18,19)20/h6-7H,2-5,8H2,1H3. The summed E-state index contributed by atoms with van der Waals surface area (Å²) in [5, 5.41) is 0.435. The number of piperidine rings is 1. The number of halogens is 4. The van der Waals surface area contributed by atoms with Crippen LogP contribution in [0, 0.1) is 6.92 Å². The average molecular weight is 362 g/mol. The number of nitrogens with zero attached hydrogens (tertiary/aromatic N) is 1. The molecule has 1 spiro atoms. The molecule has 0 aromatic heterocycles. The van der Waals surface area contributed by atoms with Crippen molar-refractivity contribution in [2.24, 2.45) is 0 Å². The zero-order valence-electron chi connectivity index (χ0n) is 12.9. The molecule has 1 amide bonds. The largest absolute Gasteiger partial charge is 0.486 e. The van der Waals surface area contributed by atoms with Gasteiger partial charge in [-0.25, -0.2) is 0 Å². The predicted octanol–water partition coefficient (Wildman–Crippen LogP) is 3.54. The van der Waals surface area contributed by atoms with Gasteiger partial charge in [-0.05, 0) is 24.6 Å². The summed E-state index contributed by atoms with van der Waals surface area (Å²) in [7, 11) is 0. The number of fused-ring (bicyclic) bond motifs is 1. The Kier molecular flexibility index (Phi) is 4.02. The van der Waals surface area contributed by atoms with E-state index in [1.54, 1.807) is 19.1 Å². The topological polar surface area (TPSA) is 46.6 Å². The van der Waals surface area contributed by atoms with Crippen molar-refractivity contribution < 1.29 is 27.5 Å². The third kappa shape index (κ3) is 2.97. The highest BCUT2D eigenvalue weighted by Gasteiger charge is 2.48. The molecule has 4 nitrogen and oxygen atoms in total. The maximum Gasteiger partial charge on any atom is 0.471 e. The average Bonchev–Trinajstić information content (AvgIpc) is 2.48. The maximum atomic E-state index is 12.5. The molecule has 0 radical (unpaired) electrons. The van der Waals surface area contributed by atoms with Crippen molar-refractivity contribution >= 4 is 23.3 Å². The van der Waals surface area contributed by atoms with E-state index in [-0.39, 0.29) is 38.1 Å². The molecule has 8 heteroatoms. The molecule has 1 aromatic rings. The number of carbonyl (C=O) groups excluding carboxylic acids is 2. The summed E-state index contributed by atoms with van der Waals surface area (Å²) in [6.45, 7) is 1.58. The fourth-order valence-electron chi connectivity index (χ4n) is 3.29. The van der Waals surface area contributed by atoms with Crippen LogP contribution in [0.2, 0.25) is 5.02 Å². The highest BCUT2D eigenvalue weighted by atomic mass is 35.5. The fourth-order valence-corrected chi connectivity index (χ4v) is 3.56. The first-order valence-electron chi connectivity index (χ1n) is 7.50. The van der Waals surface area contributed by atoms with Gasteiger partial charge in [0.2, 0.25) is 0 Å². The van der Waals surface area contributed by atoms with Gasteiger partial charge in [0.1, 0.15) is 11.4 Å². The van der Waals surface area contributed by atoms with Crippen LogP contribution in [0.25, 0.3) is 0 Å². The first-order chi connectivity index (χ1) is 11.1. The molecule has 1 saturated heterocycles. The Morgan fingerprint density at radius 2 is 1.92 bits per heavy atom. The molecule has 3 rings (SSSR count). The van der Waals surface area contributed by atoms with Gasteiger partial charge in [0.15, 0.2) is 5.78 Å². The number of likely N-dealkylation sites (tertiary alicyclic amines) is 1.